The Balaban J connectivity index is 1.63. The van der Waals surface area contributed by atoms with Crippen molar-refractivity contribution in [3.63, 3.8) is 0 Å². The van der Waals surface area contributed by atoms with Crippen LogP contribution in [-0.2, 0) is 18.3 Å². The van der Waals surface area contributed by atoms with Gasteiger partial charge in [0.1, 0.15) is 0 Å². The highest BCUT2D eigenvalue weighted by molar-refractivity contribution is 7.99. The van der Waals surface area contributed by atoms with Gasteiger partial charge in [0.2, 0.25) is 5.91 Å². The average molecular weight is 387 g/mol. The Kier molecular flexibility index (Phi) is 6.11. The summed E-state index contributed by atoms with van der Waals surface area (Å²) < 4.78 is 1.95. The third kappa shape index (κ3) is 4.34. The molecule has 0 aliphatic heterocycles. The Bertz CT molecular complexity index is 901. The number of anilines is 1. The number of amides is 1. The zero-order valence-corrected chi connectivity index (χ0v) is 16.8. The van der Waals surface area contributed by atoms with E-state index in [2.05, 4.69) is 33.9 Å². The minimum Gasteiger partial charge on any atom is -0.325 e. The molecule has 2 heterocycles. The molecule has 26 heavy (non-hydrogen) atoms. The van der Waals surface area contributed by atoms with Crippen molar-refractivity contribution < 1.29 is 4.79 Å². The molecule has 0 aliphatic rings. The number of carbonyl (C=O) groups is 1. The zero-order valence-electron chi connectivity index (χ0n) is 15.2. The van der Waals surface area contributed by atoms with E-state index in [1.54, 1.807) is 11.3 Å². The van der Waals surface area contributed by atoms with Gasteiger partial charge in [-0.25, -0.2) is 0 Å². The Hall–Kier alpha value is -2.12. The molecule has 0 bridgehead atoms. The first kappa shape index (κ1) is 18.7. The molecule has 136 valence electrons. The average Bonchev–Trinajstić information content (AvgIpc) is 3.22. The SMILES string of the molecule is CCCc1cc(-c2nnc(SCC(=O)Nc3ccccc3C)n2C)cs1. The molecule has 0 aliphatic carbocycles. The number of para-hydroxylation sites is 1. The van der Waals surface area contributed by atoms with E-state index in [-0.39, 0.29) is 5.91 Å². The number of thiophene rings is 1. The van der Waals surface area contributed by atoms with Crippen LogP contribution in [0.3, 0.4) is 0 Å². The molecule has 0 unspecified atom stereocenters. The van der Waals surface area contributed by atoms with Crippen LogP contribution in [0.15, 0.2) is 40.9 Å². The molecule has 7 heteroatoms. The normalized spacial score (nSPS) is 10.9. The van der Waals surface area contributed by atoms with Crippen molar-refractivity contribution in [3.05, 3.63) is 46.2 Å². The molecule has 5 nitrogen and oxygen atoms in total. The summed E-state index contributed by atoms with van der Waals surface area (Å²) in [6.07, 6.45) is 2.22. The molecule has 3 rings (SSSR count). The lowest BCUT2D eigenvalue weighted by atomic mass is 10.2. The second-order valence-corrected chi connectivity index (χ2v) is 8.01. The molecule has 3 aromatic rings. The molecule has 1 N–H and O–H groups in total. The van der Waals surface area contributed by atoms with Gasteiger partial charge in [0.05, 0.1) is 5.75 Å². The molecule has 0 saturated carbocycles. The van der Waals surface area contributed by atoms with E-state index in [0.29, 0.717) is 5.75 Å². The Morgan fingerprint density at radius 2 is 2.12 bits per heavy atom. The number of thioether (sulfide) groups is 1. The molecule has 0 spiro atoms. The van der Waals surface area contributed by atoms with Crippen molar-refractivity contribution in [2.24, 2.45) is 7.05 Å². The monoisotopic (exact) mass is 386 g/mol. The highest BCUT2D eigenvalue weighted by Crippen LogP contribution is 2.27. The largest absolute Gasteiger partial charge is 0.325 e. The third-order valence-corrected chi connectivity index (χ3v) is 6.01. The molecule has 0 radical (unpaired) electrons. The first-order valence-electron chi connectivity index (χ1n) is 8.54. The molecule has 0 fully saturated rings. The van der Waals surface area contributed by atoms with Gasteiger partial charge in [0.15, 0.2) is 11.0 Å². The number of rotatable bonds is 7. The summed E-state index contributed by atoms with van der Waals surface area (Å²) in [5.74, 6) is 1.09. The number of benzene rings is 1. The van der Waals surface area contributed by atoms with Gasteiger partial charge in [0.25, 0.3) is 0 Å². The highest BCUT2D eigenvalue weighted by Gasteiger charge is 2.14. The van der Waals surface area contributed by atoms with E-state index in [1.165, 1.54) is 16.6 Å². The smallest absolute Gasteiger partial charge is 0.234 e. The number of hydrogen-bond donors (Lipinski definition) is 1. The fourth-order valence-corrected chi connectivity index (χ4v) is 4.28. The molecule has 0 saturated heterocycles. The second-order valence-electron chi connectivity index (χ2n) is 6.07. The van der Waals surface area contributed by atoms with Gasteiger partial charge >= 0.3 is 0 Å². The minimum atomic E-state index is -0.0467. The maximum absolute atomic E-state index is 12.2. The van der Waals surface area contributed by atoms with Gasteiger partial charge in [-0.2, -0.15) is 0 Å². The van der Waals surface area contributed by atoms with Crippen molar-refractivity contribution in [1.29, 1.82) is 0 Å². The summed E-state index contributed by atoms with van der Waals surface area (Å²) in [6, 6.07) is 9.93. The summed E-state index contributed by atoms with van der Waals surface area (Å²) in [5.41, 5.74) is 2.98. The third-order valence-electron chi connectivity index (χ3n) is 3.99. The maximum atomic E-state index is 12.2. The molecule has 2 aromatic heterocycles. The van der Waals surface area contributed by atoms with Crippen LogP contribution in [0.1, 0.15) is 23.8 Å². The maximum Gasteiger partial charge on any atom is 0.234 e. The van der Waals surface area contributed by atoms with E-state index in [9.17, 15) is 4.79 Å². The van der Waals surface area contributed by atoms with Gasteiger partial charge < -0.3 is 9.88 Å². The lowest BCUT2D eigenvalue weighted by molar-refractivity contribution is -0.113. The Labute approximate surface area is 161 Å². The summed E-state index contributed by atoms with van der Waals surface area (Å²) in [5, 5.41) is 14.3. The van der Waals surface area contributed by atoms with Crippen LogP contribution in [0.2, 0.25) is 0 Å². The topological polar surface area (TPSA) is 59.8 Å². The van der Waals surface area contributed by atoms with Crippen LogP contribution in [-0.4, -0.2) is 26.4 Å². The first-order valence-corrected chi connectivity index (χ1v) is 10.4. The second kappa shape index (κ2) is 8.51. The van der Waals surface area contributed by atoms with Crippen LogP contribution < -0.4 is 5.32 Å². The standard InChI is InChI=1S/C19H22N4OS2/c1-4-7-15-10-14(11-25-15)18-21-22-19(23(18)3)26-12-17(24)20-16-9-6-5-8-13(16)2/h5-6,8-11H,4,7,12H2,1-3H3,(H,20,24). The lowest BCUT2D eigenvalue weighted by Gasteiger charge is -2.07. The number of nitrogens with zero attached hydrogens (tertiary/aromatic N) is 3. The van der Waals surface area contributed by atoms with Crippen molar-refractivity contribution >= 4 is 34.7 Å². The van der Waals surface area contributed by atoms with Gasteiger partial charge in [-0.1, -0.05) is 43.3 Å². The van der Waals surface area contributed by atoms with E-state index < -0.39 is 0 Å². The Morgan fingerprint density at radius 1 is 1.31 bits per heavy atom. The molecule has 0 atom stereocenters. The van der Waals surface area contributed by atoms with Crippen LogP contribution in [0.25, 0.3) is 11.4 Å². The molecular formula is C19H22N4OS2. The van der Waals surface area contributed by atoms with Crippen LogP contribution in [0.5, 0.6) is 0 Å². The Morgan fingerprint density at radius 3 is 2.88 bits per heavy atom. The predicted molar refractivity (Wildman–Crippen MR) is 109 cm³/mol. The van der Waals surface area contributed by atoms with Crippen LogP contribution in [0.4, 0.5) is 5.69 Å². The summed E-state index contributed by atoms with van der Waals surface area (Å²) in [6.45, 7) is 4.16. The molecular weight excluding hydrogens is 364 g/mol. The van der Waals surface area contributed by atoms with Crippen molar-refractivity contribution in [2.45, 2.75) is 31.8 Å². The van der Waals surface area contributed by atoms with E-state index >= 15 is 0 Å². The predicted octanol–water partition coefficient (Wildman–Crippen LogP) is 4.54. The first-order chi connectivity index (χ1) is 12.6. The van der Waals surface area contributed by atoms with Crippen molar-refractivity contribution in [2.75, 3.05) is 11.1 Å². The zero-order chi connectivity index (χ0) is 18.5. The minimum absolute atomic E-state index is 0.0467. The van der Waals surface area contributed by atoms with Gasteiger partial charge in [-0.15, -0.1) is 21.5 Å². The fraction of sp³-hybridized carbons (Fsp3) is 0.316. The van der Waals surface area contributed by atoms with Crippen LogP contribution >= 0.6 is 23.1 Å². The van der Waals surface area contributed by atoms with Crippen molar-refractivity contribution in [3.8, 4) is 11.4 Å². The number of aryl methyl sites for hydroxylation is 2. The molecule has 1 aromatic carbocycles. The van der Waals surface area contributed by atoms with E-state index in [1.807, 2.05) is 42.8 Å². The number of carbonyl (C=O) groups excluding carboxylic acids is 1. The van der Waals surface area contributed by atoms with Gasteiger partial charge in [-0.3, -0.25) is 4.79 Å². The van der Waals surface area contributed by atoms with Gasteiger partial charge in [0, 0.05) is 28.6 Å². The number of aromatic nitrogens is 3. The quantitative estimate of drug-likeness (QED) is 0.606. The summed E-state index contributed by atoms with van der Waals surface area (Å²) in [4.78, 5) is 13.6. The van der Waals surface area contributed by atoms with Gasteiger partial charge in [-0.05, 0) is 31.0 Å². The summed E-state index contributed by atoms with van der Waals surface area (Å²) in [7, 11) is 1.94. The number of nitrogens with one attached hydrogen (secondary N) is 1. The lowest BCUT2D eigenvalue weighted by Crippen LogP contribution is -2.15. The summed E-state index contributed by atoms with van der Waals surface area (Å²) >= 11 is 3.15. The van der Waals surface area contributed by atoms with E-state index in [4.69, 9.17) is 0 Å². The van der Waals surface area contributed by atoms with E-state index in [0.717, 1.165) is 40.6 Å². The highest BCUT2D eigenvalue weighted by atomic mass is 32.2. The van der Waals surface area contributed by atoms with Crippen molar-refractivity contribution in [1.82, 2.24) is 14.8 Å². The molecule has 1 amide bonds. The number of hydrogen-bond acceptors (Lipinski definition) is 5. The van der Waals surface area contributed by atoms with Crippen LogP contribution in [0, 0.1) is 6.92 Å². The fourth-order valence-electron chi connectivity index (χ4n) is 2.60.